The molecule has 0 spiro atoms. The fraction of sp³-hybridized carbons (Fsp3) is 0.733. The van der Waals surface area contributed by atoms with Gasteiger partial charge in [-0.2, -0.15) is 0 Å². The standard InChI is InChI=1S/C15H22N2O4S/c1-22(19,20)10-11-7-8-17(9-11)15(18)14-12-5-3-2-4-6-13(12)21-16-14/h11H,2-10H2,1H3. The highest BCUT2D eigenvalue weighted by atomic mass is 32.2. The normalized spacial score (nSPS) is 22.4. The van der Waals surface area contributed by atoms with E-state index in [-0.39, 0.29) is 17.6 Å². The molecule has 0 bridgehead atoms. The molecule has 0 radical (unpaired) electrons. The van der Waals surface area contributed by atoms with Gasteiger partial charge in [-0.05, 0) is 31.6 Å². The Bertz CT molecular complexity index is 665. The number of hydrogen-bond acceptors (Lipinski definition) is 5. The number of aromatic nitrogens is 1. The lowest BCUT2D eigenvalue weighted by Crippen LogP contribution is -2.30. The van der Waals surface area contributed by atoms with Gasteiger partial charge in [0.15, 0.2) is 5.69 Å². The van der Waals surface area contributed by atoms with Gasteiger partial charge in [0, 0.05) is 31.3 Å². The van der Waals surface area contributed by atoms with E-state index in [1.54, 1.807) is 4.90 Å². The second-order valence-corrected chi connectivity index (χ2v) is 8.68. The number of carbonyl (C=O) groups excluding carboxylic acids is 1. The molecule has 1 aromatic heterocycles. The van der Waals surface area contributed by atoms with Crippen LogP contribution in [0.3, 0.4) is 0 Å². The molecule has 1 aromatic rings. The van der Waals surface area contributed by atoms with Crippen LogP contribution in [0, 0.1) is 5.92 Å². The smallest absolute Gasteiger partial charge is 0.276 e. The molecule has 1 saturated heterocycles. The first kappa shape index (κ1) is 15.5. The quantitative estimate of drug-likeness (QED) is 0.785. The molecule has 0 aromatic carbocycles. The second kappa shape index (κ2) is 6.02. The van der Waals surface area contributed by atoms with Crippen molar-refractivity contribution < 1.29 is 17.7 Å². The monoisotopic (exact) mass is 326 g/mol. The topological polar surface area (TPSA) is 80.5 Å². The van der Waals surface area contributed by atoms with Gasteiger partial charge in [0.05, 0.1) is 5.75 Å². The molecular weight excluding hydrogens is 304 g/mol. The summed E-state index contributed by atoms with van der Waals surface area (Å²) in [7, 11) is -3.00. The summed E-state index contributed by atoms with van der Waals surface area (Å²) in [5.74, 6) is 0.924. The van der Waals surface area contributed by atoms with Gasteiger partial charge in [0.25, 0.3) is 5.91 Å². The zero-order chi connectivity index (χ0) is 15.7. The molecule has 22 heavy (non-hydrogen) atoms. The Labute approximate surface area is 130 Å². The summed E-state index contributed by atoms with van der Waals surface area (Å²) in [4.78, 5) is 14.4. The van der Waals surface area contributed by atoms with Crippen molar-refractivity contribution in [3.63, 3.8) is 0 Å². The average molecular weight is 326 g/mol. The molecule has 122 valence electrons. The van der Waals surface area contributed by atoms with Crippen molar-refractivity contribution in [1.29, 1.82) is 0 Å². The summed E-state index contributed by atoms with van der Waals surface area (Å²) in [5.41, 5.74) is 1.41. The van der Waals surface area contributed by atoms with Crippen LogP contribution in [0.5, 0.6) is 0 Å². The lowest BCUT2D eigenvalue weighted by atomic mass is 10.1. The summed E-state index contributed by atoms with van der Waals surface area (Å²) >= 11 is 0. The van der Waals surface area contributed by atoms with Crippen LogP contribution < -0.4 is 0 Å². The predicted octanol–water partition coefficient (Wildman–Crippen LogP) is 1.45. The van der Waals surface area contributed by atoms with E-state index in [9.17, 15) is 13.2 Å². The van der Waals surface area contributed by atoms with E-state index in [0.717, 1.165) is 49.8 Å². The molecule has 1 amide bonds. The van der Waals surface area contributed by atoms with E-state index < -0.39 is 9.84 Å². The third-order valence-electron chi connectivity index (χ3n) is 4.51. The van der Waals surface area contributed by atoms with Crippen molar-refractivity contribution >= 4 is 15.7 Å². The number of fused-ring (bicyclic) bond motifs is 1. The minimum atomic E-state index is -3.00. The van der Waals surface area contributed by atoms with Crippen molar-refractivity contribution in [3.8, 4) is 0 Å². The van der Waals surface area contributed by atoms with Crippen LogP contribution in [-0.2, 0) is 22.7 Å². The maximum Gasteiger partial charge on any atom is 0.276 e. The van der Waals surface area contributed by atoms with Crippen LogP contribution >= 0.6 is 0 Å². The number of nitrogens with zero attached hydrogens (tertiary/aromatic N) is 2. The lowest BCUT2D eigenvalue weighted by Gasteiger charge is -2.15. The molecule has 2 aliphatic rings. The molecule has 2 heterocycles. The first-order chi connectivity index (χ1) is 10.4. The minimum Gasteiger partial charge on any atom is -0.360 e. The second-order valence-electron chi connectivity index (χ2n) is 6.49. The van der Waals surface area contributed by atoms with Crippen molar-refractivity contribution in [2.75, 3.05) is 25.1 Å². The van der Waals surface area contributed by atoms with Crippen LogP contribution in [-0.4, -0.2) is 49.5 Å². The number of amides is 1. The molecule has 1 unspecified atom stereocenters. The Hall–Kier alpha value is -1.37. The van der Waals surface area contributed by atoms with Crippen LogP contribution in [0.25, 0.3) is 0 Å². The van der Waals surface area contributed by atoms with Gasteiger partial charge in [-0.3, -0.25) is 4.79 Å². The highest BCUT2D eigenvalue weighted by molar-refractivity contribution is 7.90. The van der Waals surface area contributed by atoms with Crippen LogP contribution in [0.15, 0.2) is 4.52 Å². The van der Waals surface area contributed by atoms with E-state index >= 15 is 0 Å². The molecule has 1 atom stereocenters. The zero-order valence-corrected chi connectivity index (χ0v) is 13.7. The van der Waals surface area contributed by atoms with Gasteiger partial charge < -0.3 is 9.42 Å². The first-order valence-electron chi connectivity index (χ1n) is 7.88. The fourth-order valence-electron chi connectivity index (χ4n) is 3.46. The average Bonchev–Trinajstić information content (AvgIpc) is 2.98. The molecule has 0 saturated carbocycles. The van der Waals surface area contributed by atoms with Crippen molar-refractivity contribution in [3.05, 3.63) is 17.0 Å². The molecule has 1 fully saturated rings. The third-order valence-corrected chi connectivity index (χ3v) is 5.59. The molecular formula is C15H22N2O4S. The number of sulfone groups is 1. The van der Waals surface area contributed by atoms with Gasteiger partial charge in [-0.15, -0.1) is 0 Å². The number of carbonyl (C=O) groups is 1. The van der Waals surface area contributed by atoms with E-state index in [1.165, 1.54) is 6.26 Å². The minimum absolute atomic E-state index is 0.0319. The molecule has 6 nitrogen and oxygen atoms in total. The molecule has 1 aliphatic carbocycles. The van der Waals surface area contributed by atoms with Crippen LogP contribution in [0.4, 0.5) is 0 Å². The van der Waals surface area contributed by atoms with E-state index in [2.05, 4.69) is 5.16 Å². The van der Waals surface area contributed by atoms with Gasteiger partial charge in [-0.25, -0.2) is 8.42 Å². The van der Waals surface area contributed by atoms with Crippen molar-refractivity contribution in [2.45, 2.75) is 38.5 Å². The van der Waals surface area contributed by atoms with Crippen molar-refractivity contribution in [1.82, 2.24) is 10.1 Å². The maximum atomic E-state index is 12.7. The van der Waals surface area contributed by atoms with Crippen LogP contribution in [0.2, 0.25) is 0 Å². The van der Waals surface area contributed by atoms with Gasteiger partial charge in [0.2, 0.25) is 0 Å². The Morgan fingerprint density at radius 1 is 1.32 bits per heavy atom. The van der Waals surface area contributed by atoms with Crippen molar-refractivity contribution in [2.24, 2.45) is 5.92 Å². The summed E-state index contributed by atoms with van der Waals surface area (Å²) < 4.78 is 28.1. The molecule has 7 heteroatoms. The SMILES string of the molecule is CS(=O)(=O)CC1CCN(C(=O)c2noc3c2CCCCC3)C1. The molecule has 1 aliphatic heterocycles. The van der Waals surface area contributed by atoms with E-state index in [1.807, 2.05) is 0 Å². The molecule has 3 rings (SSSR count). The number of aryl methyl sites for hydroxylation is 1. The fourth-order valence-corrected chi connectivity index (χ4v) is 4.59. The van der Waals surface area contributed by atoms with Gasteiger partial charge >= 0.3 is 0 Å². The molecule has 0 N–H and O–H groups in total. The largest absolute Gasteiger partial charge is 0.360 e. The first-order valence-corrected chi connectivity index (χ1v) is 9.94. The van der Waals surface area contributed by atoms with Crippen LogP contribution in [0.1, 0.15) is 47.5 Å². The predicted molar refractivity (Wildman–Crippen MR) is 81.5 cm³/mol. The Morgan fingerprint density at radius 3 is 2.86 bits per heavy atom. The maximum absolute atomic E-state index is 12.7. The summed E-state index contributed by atoms with van der Waals surface area (Å²) in [6.45, 7) is 1.09. The zero-order valence-electron chi connectivity index (χ0n) is 12.9. The number of hydrogen-bond donors (Lipinski definition) is 0. The Morgan fingerprint density at radius 2 is 2.09 bits per heavy atom. The van der Waals surface area contributed by atoms with E-state index in [0.29, 0.717) is 18.8 Å². The number of rotatable bonds is 3. The Kier molecular flexibility index (Phi) is 4.25. The lowest BCUT2D eigenvalue weighted by molar-refractivity contribution is 0.0776. The van der Waals surface area contributed by atoms with Gasteiger partial charge in [-0.1, -0.05) is 11.6 Å². The highest BCUT2D eigenvalue weighted by Gasteiger charge is 2.32. The van der Waals surface area contributed by atoms with Gasteiger partial charge in [0.1, 0.15) is 15.6 Å². The third kappa shape index (κ3) is 3.34. The van der Waals surface area contributed by atoms with E-state index in [4.69, 9.17) is 4.52 Å². The number of likely N-dealkylation sites (tertiary alicyclic amines) is 1. The summed E-state index contributed by atoms with van der Waals surface area (Å²) in [6, 6.07) is 0. The summed E-state index contributed by atoms with van der Waals surface area (Å²) in [6.07, 6.45) is 6.97. The summed E-state index contributed by atoms with van der Waals surface area (Å²) in [5, 5.41) is 4.00. The Balaban J connectivity index is 1.72. The highest BCUT2D eigenvalue weighted by Crippen LogP contribution is 2.26.